The normalized spacial score (nSPS) is 18.3. The predicted molar refractivity (Wildman–Crippen MR) is 87.6 cm³/mol. The molecule has 1 aromatic carbocycles. The summed E-state index contributed by atoms with van der Waals surface area (Å²) in [7, 11) is 3.57. The molecule has 116 valence electrons. The van der Waals surface area contributed by atoms with Gasteiger partial charge < -0.3 is 15.4 Å². The Morgan fingerprint density at radius 2 is 1.95 bits per heavy atom. The average Bonchev–Trinajstić information content (AvgIpc) is 2.56. The lowest BCUT2D eigenvalue weighted by molar-refractivity contribution is 0.106. The molecule has 0 heterocycles. The van der Waals surface area contributed by atoms with Gasteiger partial charge in [0.25, 0.3) is 0 Å². The molecule has 0 saturated heterocycles. The van der Waals surface area contributed by atoms with Crippen molar-refractivity contribution in [1.29, 1.82) is 0 Å². The fourth-order valence-electron chi connectivity index (χ4n) is 2.83. The second-order valence-corrected chi connectivity index (χ2v) is 5.57. The fourth-order valence-corrected chi connectivity index (χ4v) is 2.83. The standard InChI is InChI=1S/C17H27N3O/c1-18-17(20-15-11-7-4-8-12-15)19-13-16(21-2)14-9-5-3-6-10-14/h3,5-6,9-10,15-16H,4,7-8,11-13H2,1-2H3,(H2,18,19,20). The van der Waals surface area contributed by atoms with Crippen molar-refractivity contribution in [2.45, 2.75) is 44.2 Å². The van der Waals surface area contributed by atoms with Crippen LogP contribution in [-0.4, -0.2) is 32.7 Å². The Labute approximate surface area is 128 Å². The molecule has 0 amide bonds. The molecule has 0 aromatic heterocycles. The first-order chi connectivity index (χ1) is 10.3. The van der Waals surface area contributed by atoms with Crippen LogP contribution in [0.2, 0.25) is 0 Å². The van der Waals surface area contributed by atoms with Crippen molar-refractivity contribution in [2.75, 3.05) is 20.7 Å². The zero-order valence-electron chi connectivity index (χ0n) is 13.1. The summed E-state index contributed by atoms with van der Waals surface area (Å²) in [5.74, 6) is 0.875. The van der Waals surface area contributed by atoms with E-state index in [9.17, 15) is 0 Å². The molecule has 1 saturated carbocycles. The predicted octanol–water partition coefficient (Wildman–Crippen LogP) is 2.87. The molecule has 1 aliphatic rings. The molecule has 4 nitrogen and oxygen atoms in total. The average molecular weight is 289 g/mol. The van der Waals surface area contributed by atoms with Crippen LogP contribution in [0.5, 0.6) is 0 Å². The van der Waals surface area contributed by atoms with E-state index in [2.05, 4.69) is 27.8 Å². The van der Waals surface area contributed by atoms with E-state index in [0.29, 0.717) is 12.6 Å². The molecular weight excluding hydrogens is 262 g/mol. The van der Waals surface area contributed by atoms with E-state index in [0.717, 1.165) is 5.96 Å². The number of rotatable bonds is 5. The summed E-state index contributed by atoms with van der Waals surface area (Å²) < 4.78 is 5.58. The van der Waals surface area contributed by atoms with Gasteiger partial charge >= 0.3 is 0 Å². The summed E-state index contributed by atoms with van der Waals surface area (Å²) in [5, 5.41) is 6.90. The van der Waals surface area contributed by atoms with Gasteiger partial charge in [-0.05, 0) is 18.4 Å². The molecule has 0 spiro atoms. The molecule has 1 fully saturated rings. The summed E-state index contributed by atoms with van der Waals surface area (Å²) in [6.45, 7) is 0.715. The molecular formula is C17H27N3O. The number of benzene rings is 1. The second kappa shape index (κ2) is 8.67. The van der Waals surface area contributed by atoms with Crippen LogP contribution in [0.1, 0.15) is 43.8 Å². The minimum atomic E-state index is 0.0381. The Kier molecular flexibility index (Phi) is 6.54. The van der Waals surface area contributed by atoms with E-state index >= 15 is 0 Å². The first-order valence-electron chi connectivity index (χ1n) is 7.88. The molecule has 0 radical (unpaired) electrons. The SMILES string of the molecule is CN=C(NCC(OC)c1ccccc1)NC1CCCCC1. The van der Waals surface area contributed by atoms with Gasteiger partial charge in [0.1, 0.15) is 0 Å². The summed E-state index contributed by atoms with van der Waals surface area (Å²) in [4.78, 5) is 4.32. The highest BCUT2D eigenvalue weighted by atomic mass is 16.5. The topological polar surface area (TPSA) is 45.7 Å². The van der Waals surface area contributed by atoms with Crippen molar-refractivity contribution in [3.63, 3.8) is 0 Å². The molecule has 1 unspecified atom stereocenters. The molecule has 1 atom stereocenters. The molecule has 2 rings (SSSR count). The monoisotopic (exact) mass is 289 g/mol. The third-order valence-electron chi connectivity index (χ3n) is 4.08. The summed E-state index contributed by atoms with van der Waals surface area (Å²) in [6.07, 6.45) is 6.53. The van der Waals surface area contributed by atoms with E-state index in [-0.39, 0.29) is 6.10 Å². The van der Waals surface area contributed by atoms with E-state index in [1.54, 1.807) is 7.11 Å². The first kappa shape index (κ1) is 15.8. The highest BCUT2D eigenvalue weighted by Crippen LogP contribution is 2.17. The maximum Gasteiger partial charge on any atom is 0.191 e. The Balaban J connectivity index is 1.84. The highest BCUT2D eigenvalue weighted by Gasteiger charge is 2.15. The Morgan fingerprint density at radius 1 is 1.24 bits per heavy atom. The van der Waals surface area contributed by atoms with Crippen molar-refractivity contribution >= 4 is 5.96 Å². The van der Waals surface area contributed by atoms with Gasteiger partial charge in [-0.15, -0.1) is 0 Å². The summed E-state index contributed by atoms with van der Waals surface area (Å²) in [6, 6.07) is 10.8. The number of hydrogen-bond acceptors (Lipinski definition) is 2. The van der Waals surface area contributed by atoms with Gasteiger partial charge in [0.2, 0.25) is 0 Å². The van der Waals surface area contributed by atoms with Crippen molar-refractivity contribution in [2.24, 2.45) is 4.99 Å². The van der Waals surface area contributed by atoms with E-state index in [1.165, 1.54) is 37.7 Å². The van der Waals surface area contributed by atoms with Gasteiger partial charge in [0.15, 0.2) is 5.96 Å². The van der Waals surface area contributed by atoms with Crippen LogP contribution in [0.3, 0.4) is 0 Å². The van der Waals surface area contributed by atoms with Crippen molar-refractivity contribution < 1.29 is 4.74 Å². The zero-order chi connectivity index (χ0) is 14.9. The van der Waals surface area contributed by atoms with Crippen LogP contribution in [0.4, 0.5) is 0 Å². The first-order valence-corrected chi connectivity index (χ1v) is 7.88. The van der Waals surface area contributed by atoms with E-state index in [1.807, 2.05) is 25.2 Å². The van der Waals surface area contributed by atoms with Crippen LogP contribution in [0.15, 0.2) is 35.3 Å². The lowest BCUT2D eigenvalue weighted by Crippen LogP contribution is -2.45. The number of nitrogens with one attached hydrogen (secondary N) is 2. The smallest absolute Gasteiger partial charge is 0.191 e. The molecule has 2 N–H and O–H groups in total. The molecule has 0 bridgehead atoms. The summed E-state index contributed by atoms with van der Waals surface area (Å²) in [5.41, 5.74) is 1.18. The lowest BCUT2D eigenvalue weighted by Gasteiger charge is -2.26. The van der Waals surface area contributed by atoms with E-state index < -0.39 is 0 Å². The number of methoxy groups -OCH3 is 1. The van der Waals surface area contributed by atoms with Gasteiger partial charge in [-0.25, -0.2) is 0 Å². The fraction of sp³-hybridized carbons (Fsp3) is 0.588. The minimum Gasteiger partial charge on any atom is -0.375 e. The van der Waals surface area contributed by atoms with Crippen LogP contribution in [0, 0.1) is 0 Å². The van der Waals surface area contributed by atoms with Gasteiger partial charge in [-0.3, -0.25) is 4.99 Å². The second-order valence-electron chi connectivity index (χ2n) is 5.57. The van der Waals surface area contributed by atoms with Crippen molar-refractivity contribution in [1.82, 2.24) is 10.6 Å². The van der Waals surface area contributed by atoms with Crippen molar-refractivity contribution in [3.05, 3.63) is 35.9 Å². The Hall–Kier alpha value is -1.55. The number of aliphatic imine (C=N–C) groups is 1. The van der Waals surface area contributed by atoms with Gasteiger partial charge in [0.05, 0.1) is 6.10 Å². The molecule has 21 heavy (non-hydrogen) atoms. The third kappa shape index (κ3) is 5.05. The van der Waals surface area contributed by atoms with Crippen molar-refractivity contribution in [3.8, 4) is 0 Å². The number of guanidine groups is 1. The quantitative estimate of drug-likeness (QED) is 0.647. The molecule has 4 heteroatoms. The lowest BCUT2D eigenvalue weighted by atomic mass is 9.96. The number of hydrogen-bond donors (Lipinski definition) is 2. The maximum absolute atomic E-state index is 5.58. The van der Waals surface area contributed by atoms with Gasteiger partial charge in [-0.1, -0.05) is 49.6 Å². The zero-order valence-corrected chi connectivity index (χ0v) is 13.1. The van der Waals surface area contributed by atoms with Crippen LogP contribution in [0.25, 0.3) is 0 Å². The number of ether oxygens (including phenoxy) is 1. The molecule has 1 aliphatic carbocycles. The van der Waals surface area contributed by atoms with Gasteiger partial charge in [-0.2, -0.15) is 0 Å². The molecule has 0 aliphatic heterocycles. The third-order valence-corrected chi connectivity index (χ3v) is 4.08. The van der Waals surface area contributed by atoms with Crippen LogP contribution < -0.4 is 10.6 Å². The van der Waals surface area contributed by atoms with Gasteiger partial charge in [0, 0.05) is 26.7 Å². The van der Waals surface area contributed by atoms with Crippen LogP contribution in [-0.2, 0) is 4.74 Å². The summed E-state index contributed by atoms with van der Waals surface area (Å²) >= 11 is 0. The Morgan fingerprint density at radius 3 is 2.57 bits per heavy atom. The number of nitrogens with zero attached hydrogens (tertiary/aromatic N) is 1. The minimum absolute atomic E-state index is 0.0381. The highest BCUT2D eigenvalue weighted by molar-refractivity contribution is 5.80. The largest absolute Gasteiger partial charge is 0.375 e. The van der Waals surface area contributed by atoms with Crippen LogP contribution >= 0.6 is 0 Å². The maximum atomic E-state index is 5.58. The van der Waals surface area contributed by atoms with E-state index in [4.69, 9.17) is 4.74 Å². The molecule has 1 aromatic rings. The Bertz CT molecular complexity index is 427.